The number of para-hydroxylation sites is 1. The van der Waals surface area contributed by atoms with Crippen LogP contribution >= 0.6 is 0 Å². The Morgan fingerprint density at radius 2 is 2.04 bits per heavy atom. The molecule has 0 saturated carbocycles. The summed E-state index contributed by atoms with van der Waals surface area (Å²) in [4.78, 5) is 19.0. The van der Waals surface area contributed by atoms with Gasteiger partial charge in [0, 0.05) is 18.7 Å². The lowest BCUT2D eigenvalue weighted by Crippen LogP contribution is -2.39. The van der Waals surface area contributed by atoms with Crippen LogP contribution in [0.1, 0.15) is 25.3 Å². The topological polar surface area (TPSA) is 60.4 Å². The number of methoxy groups -OCH3 is 2. The van der Waals surface area contributed by atoms with Gasteiger partial charge in [0.15, 0.2) is 18.1 Å². The molecule has 1 saturated heterocycles. The van der Waals surface area contributed by atoms with Crippen molar-refractivity contribution in [2.24, 2.45) is 11.1 Å². The van der Waals surface area contributed by atoms with E-state index in [1.165, 1.54) is 6.21 Å². The summed E-state index contributed by atoms with van der Waals surface area (Å²) < 4.78 is 10.5. The molecule has 126 valence electrons. The number of nitrogens with zero attached hydrogens (tertiary/aromatic N) is 2. The molecule has 0 unspecified atom stereocenters. The quantitative estimate of drug-likeness (QED) is 0.596. The molecule has 1 aromatic rings. The maximum absolute atomic E-state index is 12.0. The molecule has 0 bridgehead atoms. The Bertz CT molecular complexity index is 552. The molecule has 1 aliphatic rings. The summed E-state index contributed by atoms with van der Waals surface area (Å²) >= 11 is 0. The first-order chi connectivity index (χ1) is 11.2. The fraction of sp³-hybridized carbons (Fsp3) is 0.529. The highest BCUT2D eigenvalue weighted by atomic mass is 16.6. The fourth-order valence-electron chi connectivity index (χ4n) is 2.55. The molecule has 0 atom stereocenters. The standard InChI is InChI=1S/C17H24N2O4/c1-13-7-9-19(10-8-13)16(20)12-23-18-11-14-5-4-6-15(21-2)17(14)22-3/h4-6,11,13H,7-10,12H2,1-3H3/b18-11-. The summed E-state index contributed by atoms with van der Waals surface area (Å²) in [7, 11) is 3.14. The maximum Gasteiger partial charge on any atom is 0.263 e. The third-order valence-electron chi connectivity index (χ3n) is 4.02. The number of carbonyl (C=O) groups excluding carboxylic acids is 1. The van der Waals surface area contributed by atoms with E-state index >= 15 is 0 Å². The summed E-state index contributed by atoms with van der Waals surface area (Å²) in [5, 5.41) is 3.87. The van der Waals surface area contributed by atoms with E-state index in [1.807, 2.05) is 17.0 Å². The molecule has 1 heterocycles. The van der Waals surface area contributed by atoms with Crippen molar-refractivity contribution >= 4 is 12.1 Å². The highest BCUT2D eigenvalue weighted by Gasteiger charge is 2.20. The Morgan fingerprint density at radius 1 is 1.30 bits per heavy atom. The zero-order chi connectivity index (χ0) is 16.7. The van der Waals surface area contributed by atoms with E-state index in [0.29, 0.717) is 17.4 Å². The van der Waals surface area contributed by atoms with E-state index in [-0.39, 0.29) is 12.5 Å². The van der Waals surface area contributed by atoms with Crippen LogP contribution in [-0.4, -0.2) is 50.9 Å². The summed E-state index contributed by atoms with van der Waals surface area (Å²) in [5.74, 6) is 1.87. The average Bonchev–Trinajstić information content (AvgIpc) is 2.58. The van der Waals surface area contributed by atoms with E-state index in [1.54, 1.807) is 20.3 Å². The van der Waals surface area contributed by atoms with E-state index in [0.717, 1.165) is 31.5 Å². The molecule has 23 heavy (non-hydrogen) atoms. The van der Waals surface area contributed by atoms with Crippen molar-refractivity contribution in [1.29, 1.82) is 0 Å². The molecule has 0 radical (unpaired) electrons. The van der Waals surface area contributed by atoms with Crippen molar-refractivity contribution in [3.63, 3.8) is 0 Å². The lowest BCUT2D eigenvalue weighted by molar-refractivity contribution is -0.137. The van der Waals surface area contributed by atoms with Gasteiger partial charge >= 0.3 is 0 Å². The zero-order valence-electron chi connectivity index (χ0n) is 13.9. The molecule has 6 nitrogen and oxygen atoms in total. The van der Waals surface area contributed by atoms with Gasteiger partial charge in [0.1, 0.15) is 0 Å². The fourth-order valence-corrected chi connectivity index (χ4v) is 2.55. The molecule has 6 heteroatoms. The van der Waals surface area contributed by atoms with Crippen LogP contribution in [0.2, 0.25) is 0 Å². The predicted octanol–water partition coefficient (Wildman–Crippen LogP) is 2.31. The number of ether oxygens (including phenoxy) is 2. The highest BCUT2D eigenvalue weighted by molar-refractivity contribution is 5.85. The third kappa shape index (κ3) is 4.61. The van der Waals surface area contributed by atoms with Gasteiger partial charge in [-0.3, -0.25) is 4.79 Å². The second-order valence-electron chi connectivity index (χ2n) is 5.65. The van der Waals surface area contributed by atoms with E-state index in [4.69, 9.17) is 14.3 Å². The van der Waals surface area contributed by atoms with Crippen LogP contribution in [0.15, 0.2) is 23.4 Å². The molecular weight excluding hydrogens is 296 g/mol. The van der Waals surface area contributed by atoms with Gasteiger partial charge in [-0.25, -0.2) is 0 Å². The number of piperidine rings is 1. The first-order valence-corrected chi connectivity index (χ1v) is 7.79. The van der Waals surface area contributed by atoms with Gasteiger partial charge in [-0.05, 0) is 30.9 Å². The number of hydrogen-bond acceptors (Lipinski definition) is 5. The van der Waals surface area contributed by atoms with Crippen molar-refractivity contribution in [2.75, 3.05) is 33.9 Å². The van der Waals surface area contributed by atoms with Crippen LogP contribution in [-0.2, 0) is 9.63 Å². The first kappa shape index (κ1) is 17.1. The molecule has 1 aromatic carbocycles. The van der Waals surface area contributed by atoms with E-state index in [9.17, 15) is 4.79 Å². The minimum absolute atomic E-state index is 0.0216. The lowest BCUT2D eigenvalue weighted by Gasteiger charge is -2.29. The second kappa shape index (κ2) is 8.41. The van der Waals surface area contributed by atoms with Gasteiger partial charge in [0.2, 0.25) is 0 Å². The van der Waals surface area contributed by atoms with E-state index in [2.05, 4.69) is 12.1 Å². The van der Waals surface area contributed by atoms with Crippen molar-refractivity contribution in [3.8, 4) is 11.5 Å². The summed E-state index contributed by atoms with van der Waals surface area (Å²) in [6, 6.07) is 5.47. The largest absolute Gasteiger partial charge is 0.493 e. The molecule has 0 N–H and O–H groups in total. The maximum atomic E-state index is 12.0. The molecule has 0 aliphatic carbocycles. The average molecular weight is 320 g/mol. The van der Waals surface area contributed by atoms with Crippen LogP contribution in [0, 0.1) is 5.92 Å². The molecule has 1 fully saturated rings. The van der Waals surface area contributed by atoms with Gasteiger partial charge < -0.3 is 19.2 Å². The number of amides is 1. The monoisotopic (exact) mass is 320 g/mol. The first-order valence-electron chi connectivity index (χ1n) is 7.79. The Labute approximate surface area is 137 Å². The van der Waals surface area contributed by atoms with Crippen LogP contribution in [0.3, 0.4) is 0 Å². The normalized spacial score (nSPS) is 15.7. The minimum Gasteiger partial charge on any atom is -0.493 e. The second-order valence-corrected chi connectivity index (χ2v) is 5.65. The van der Waals surface area contributed by atoms with Gasteiger partial charge in [-0.2, -0.15) is 0 Å². The van der Waals surface area contributed by atoms with Crippen LogP contribution in [0.25, 0.3) is 0 Å². The third-order valence-corrected chi connectivity index (χ3v) is 4.02. The molecule has 1 amide bonds. The van der Waals surface area contributed by atoms with Crippen molar-refractivity contribution < 1.29 is 19.1 Å². The minimum atomic E-state index is -0.0445. The predicted molar refractivity (Wildman–Crippen MR) is 88.1 cm³/mol. The van der Waals surface area contributed by atoms with Crippen molar-refractivity contribution in [2.45, 2.75) is 19.8 Å². The number of rotatable bonds is 6. The number of benzene rings is 1. The Kier molecular flexibility index (Phi) is 6.26. The van der Waals surface area contributed by atoms with Crippen LogP contribution < -0.4 is 9.47 Å². The van der Waals surface area contributed by atoms with Crippen molar-refractivity contribution in [1.82, 2.24) is 4.90 Å². The van der Waals surface area contributed by atoms with Gasteiger partial charge in [-0.1, -0.05) is 18.1 Å². The van der Waals surface area contributed by atoms with Gasteiger partial charge in [-0.15, -0.1) is 0 Å². The van der Waals surface area contributed by atoms with Gasteiger partial charge in [0.25, 0.3) is 5.91 Å². The lowest BCUT2D eigenvalue weighted by atomic mass is 9.99. The highest BCUT2D eigenvalue weighted by Crippen LogP contribution is 2.29. The number of likely N-dealkylation sites (tertiary alicyclic amines) is 1. The summed E-state index contributed by atoms with van der Waals surface area (Å²) in [6.07, 6.45) is 3.62. The van der Waals surface area contributed by atoms with Gasteiger partial charge in [0.05, 0.1) is 20.4 Å². The zero-order valence-corrected chi connectivity index (χ0v) is 13.9. The Hall–Kier alpha value is -2.24. The Balaban J connectivity index is 1.86. The smallest absolute Gasteiger partial charge is 0.263 e. The SMILES string of the molecule is COc1cccc(/C=N\OCC(=O)N2CCC(C)CC2)c1OC. The summed E-state index contributed by atoms with van der Waals surface area (Å²) in [5.41, 5.74) is 0.728. The molecule has 2 rings (SSSR count). The molecule has 0 spiro atoms. The van der Waals surface area contributed by atoms with Crippen LogP contribution in [0.4, 0.5) is 0 Å². The number of oxime groups is 1. The number of hydrogen-bond donors (Lipinski definition) is 0. The Morgan fingerprint density at radius 3 is 2.70 bits per heavy atom. The summed E-state index contributed by atoms with van der Waals surface area (Å²) in [6.45, 7) is 3.77. The van der Waals surface area contributed by atoms with E-state index < -0.39 is 0 Å². The number of carbonyl (C=O) groups is 1. The molecule has 1 aliphatic heterocycles. The van der Waals surface area contributed by atoms with Crippen molar-refractivity contribution in [3.05, 3.63) is 23.8 Å². The molecular formula is C17H24N2O4. The molecule has 0 aromatic heterocycles. The van der Waals surface area contributed by atoms with Crippen LogP contribution in [0.5, 0.6) is 11.5 Å².